The SMILES string of the molecule is NC(CCc1ccccc1[SH2+])OC=O. The third-order valence-electron chi connectivity index (χ3n) is 1.95. The van der Waals surface area contributed by atoms with Gasteiger partial charge in [-0.1, -0.05) is 18.2 Å². The Morgan fingerprint density at radius 1 is 1.50 bits per heavy atom. The fraction of sp³-hybridized carbons (Fsp3) is 0.300. The molecule has 3 nitrogen and oxygen atoms in total. The number of benzene rings is 1. The van der Waals surface area contributed by atoms with E-state index in [1.54, 1.807) is 0 Å². The molecule has 0 saturated heterocycles. The molecule has 76 valence electrons. The lowest BCUT2D eigenvalue weighted by molar-refractivity contribution is -0.133. The Hall–Kier alpha value is -1.00. The van der Waals surface area contributed by atoms with Crippen molar-refractivity contribution in [3.05, 3.63) is 29.8 Å². The zero-order valence-corrected chi connectivity index (χ0v) is 8.77. The quantitative estimate of drug-likeness (QED) is 0.438. The van der Waals surface area contributed by atoms with E-state index in [1.807, 2.05) is 24.3 Å². The van der Waals surface area contributed by atoms with Crippen LogP contribution in [0, 0.1) is 0 Å². The van der Waals surface area contributed by atoms with E-state index in [2.05, 4.69) is 17.4 Å². The summed E-state index contributed by atoms with van der Waals surface area (Å²) in [6.07, 6.45) is 0.897. The van der Waals surface area contributed by atoms with Crippen molar-refractivity contribution in [2.75, 3.05) is 0 Å². The molecule has 1 rings (SSSR count). The van der Waals surface area contributed by atoms with Crippen molar-refractivity contribution < 1.29 is 9.53 Å². The molecule has 1 atom stereocenters. The van der Waals surface area contributed by atoms with Crippen molar-refractivity contribution in [1.29, 1.82) is 0 Å². The van der Waals surface area contributed by atoms with Crippen LogP contribution in [0.2, 0.25) is 0 Å². The van der Waals surface area contributed by atoms with E-state index in [0.717, 1.165) is 16.9 Å². The first-order valence-electron chi connectivity index (χ1n) is 4.38. The standard InChI is InChI=1S/C10H13NO2S/c11-10(13-7-12)6-5-8-3-1-2-4-9(8)14/h1-4,7,10,14H,5-6,11H2/p+1. The molecule has 0 aliphatic rings. The van der Waals surface area contributed by atoms with Crippen molar-refractivity contribution in [3.8, 4) is 0 Å². The predicted octanol–water partition coefficient (Wildman–Crippen LogP) is 0.447. The highest BCUT2D eigenvalue weighted by atomic mass is 32.1. The maximum absolute atomic E-state index is 9.98. The van der Waals surface area contributed by atoms with Crippen LogP contribution in [0.25, 0.3) is 0 Å². The second kappa shape index (κ2) is 5.67. The van der Waals surface area contributed by atoms with Gasteiger partial charge in [0.25, 0.3) is 6.47 Å². The summed E-state index contributed by atoms with van der Waals surface area (Å²) in [7, 11) is 0. The van der Waals surface area contributed by atoms with Crippen molar-refractivity contribution >= 4 is 19.1 Å². The molecule has 0 amide bonds. The van der Waals surface area contributed by atoms with E-state index in [-0.39, 0.29) is 0 Å². The smallest absolute Gasteiger partial charge is 0.294 e. The van der Waals surface area contributed by atoms with Gasteiger partial charge in [0.2, 0.25) is 0 Å². The molecule has 4 heteroatoms. The van der Waals surface area contributed by atoms with Crippen molar-refractivity contribution in [3.63, 3.8) is 0 Å². The van der Waals surface area contributed by atoms with Crippen LogP contribution in [0.4, 0.5) is 0 Å². The van der Waals surface area contributed by atoms with Gasteiger partial charge < -0.3 is 4.74 Å². The zero-order valence-electron chi connectivity index (χ0n) is 7.77. The van der Waals surface area contributed by atoms with Gasteiger partial charge in [0.1, 0.15) is 0 Å². The molecule has 0 aliphatic heterocycles. The van der Waals surface area contributed by atoms with Crippen LogP contribution >= 0.6 is 0 Å². The Balaban J connectivity index is 2.45. The minimum atomic E-state index is -0.515. The van der Waals surface area contributed by atoms with Crippen LogP contribution < -0.4 is 5.73 Å². The molecule has 14 heavy (non-hydrogen) atoms. The van der Waals surface area contributed by atoms with Gasteiger partial charge in [-0.3, -0.25) is 10.5 Å². The van der Waals surface area contributed by atoms with Gasteiger partial charge in [0, 0.05) is 12.0 Å². The highest BCUT2D eigenvalue weighted by Crippen LogP contribution is 2.10. The Morgan fingerprint density at radius 2 is 2.21 bits per heavy atom. The average Bonchev–Trinajstić information content (AvgIpc) is 2.17. The molecule has 1 aromatic carbocycles. The fourth-order valence-corrected chi connectivity index (χ4v) is 1.48. The topological polar surface area (TPSA) is 52.3 Å². The van der Waals surface area contributed by atoms with E-state index >= 15 is 0 Å². The Labute approximate surface area is 88.7 Å². The number of carbonyl (C=O) groups excluding carboxylic acids is 1. The maximum atomic E-state index is 9.98. The molecule has 0 heterocycles. The van der Waals surface area contributed by atoms with Gasteiger partial charge in [0.05, 0.1) is 0 Å². The molecule has 0 aliphatic carbocycles. The first-order chi connectivity index (χ1) is 6.74. The van der Waals surface area contributed by atoms with E-state index < -0.39 is 6.23 Å². The Morgan fingerprint density at radius 3 is 2.86 bits per heavy atom. The lowest BCUT2D eigenvalue weighted by Crippen LogP contribution is -2.23. The fourth-order valence-electron chi connectivity index (χ4n) is 1.18. The Kier molecular flexibility index (Phi) is 4.49. The van der Waals surface area contributed by atoms with Gasteiger partial charge >= 0.3 is 0 Å². The first-order valence-corrected chi connectivity index (χ1v) is 4.88. The second-order valence-electron chi connectivity index (χ2n) is 2.97. The molecular formula is C10H14NO2S+. The minimum absolute atomic E-state index is 0.379. The van der Waals surface area contributed by atoms with Gasteiger partial charge in [-0.2, -0.15) is 0 Å². The molecule has 0 fully saturated rings. The summed E-state index contributed by atoms with van der Waals surface area (Å²) in [6, 6.07) is 7.90. The van der Waals surface area contributed by atoms with Crippen molar-refractivity contribution in [1.82, 2.24) is 0 Å². The number of carbonyl (C=O) groups is 1. The number of aryl methyl sites for hydroxylation is 1. The van der Waals surface area contributed by atoms with E-state index in [9.17, 15) is 4.79 Å². The Bertz CT molecular complexity index is 304. The van der Waals surface area contributed by atoms with Crippen LogP contribution in [0.5, 0.6) is 0 Å². The molecule has 1 unspecified atom stereocenters. The molecule has 2 N–H and O–H groups in total. The summed E-state index contributed by atoms with van der Waals surface area (Å²) >= 11 is 3.49. The molecule has 1 aromatic rings. The number of rotatable bonds is 5. The molecule has 0 aromatic heterocycles. The number of nitrogens with two attached hydrogens (primary N) is 1. The molecule has 0 radical (unpaired) electrons. The average molecular weight is 212 g/mol. The molecular weight excluding hydrogens is 198 g/mol. The van der Waals surface area contributed by atoms with E-state index in [1.165, 1.54) is 0 Å². The normalized spacial score (nSPS) is 12.1. The van der Waals surface area contributed by atoms with Crippen LogP contribution in [0.15, 0.2) is 29.2 Å². The summed E-state index contributed by atoms with van der Waals surface area (Å²) in [5, 5.41) is 0. The lowest BCUT2D eigenvalue weighted by Gasteiger charge is -2.08. The molecule has 0 spiro atoms. The predicted molar refractivity (Wildman–Crippen MR) is 58.3 cm³/mol. The van der Waals surface area contributed by atoms with Crippen LogP contribution in [-0.4, -0.2) is 12.7 Å². The van der Waals surface area contributed by atoms with E-state index in [4.69, 9.17) is 5.73 Å². The largest absolute Gasteiger partial charge is 0.449 e. The highest BCUT2D eigenvalue weighted by Gasteiger charge is 2.06. The third kappa shape index (κ3) is 3.40. The maximum Gasteiger partial charge on any atom is 0.294 e. The van der Waals surface area contributed by atoms with Crippen LogP contribution in [-0.2, 0) is 28.6 Å². The first kappa shape index (κ1) is 11.1. The van der Waals surface area contributed by atoms with Crippen LogP contribution in [0.1, 0.15) is 12.0 Å². The highest BCUT2D eigenvalue weighted by molar-refractivity contribution is 7.58. The summed E-state index contributed by atoms with van der Waals surface area (Å²) in [5.74, 6) is 0. The van der Waals surface area contributed by atoms with Crippen LogP contribution in [0.3, 0.4) is 0 Å². The lowest BCUT2D eigenvalue weighted by atomic mass is 10.1. The number of hydrogen-bond donors (Lipinski definition) is 1. The monoisotopic (exact) mass is 212 g/mol. The minimum Gasteiger partial charge on any atom is -0.449 e. The summed E-state index contributed by atoms with van der Waals surface area (Å²) in [5.41, 5.74) is 6.67. The molecule has 0 bridgehead atoms. The van der Waals surface area contributed by atoms with Gasteiger partial charge in [0.15, 0.2) is 11.1 Å². The van der Waals surface area contributed by atoms with Gasteiger partial charge in [-0.05, 0) is 25.1 Å². The third-order valence-corrected chi connectivity index (χ3v) is 2.43. The van der Waals surface area contributed by atoms with Crippen molar-refractivity contribution in [2.24, 2.45) is 5.73 Å². The summed E-state index contributed by atoms with van der Waals surface area (Å²) < 4.78 is 4.58. The summed E-state index contributed by atoms with van der Waals surface area (Å²) in [4.78, 5) is 11.0. The zero-order chi connectivity index (χ0) is 10.4. The second-order valence-corrected chi connectivity index (χ2v) is 3.51. The summed E-state index contributed by atoms with van der Waals surface area (Å²) in [6.45, 7) is 0.379. The van der Waals surface area contributed by atoms with Gasteiger partial charge in [-0.15, -0.1) is 0 Å². The van der Waals surface area contributed by atoms with E-state index in [0.29, 0.717) is 12.9 Å². The number of hydrogen-bond acceptors (Lipinski definition) is 3. The van der Waals surface area contributed by atoms with Crippen molar-refractivity contribution in [2.45, 2.75) is 24.0 Å². The van der Waals surface area contributed by atoms with Gasteiger partial charge in [-0.25, -0.2) is 0 Å². The number of ether oxygens (including phenoxy) is 1. The molecule has 0 saturated carbocycles.